The van der Waals surface area contributed by atoms with Gasteiger partial charge in [0.2, 0.25) is 0 Å². The molecule has 2 N–H and O–H groups in total. The molecule has 4 aromatic rings. The highest BCUT2D eigenvalue weighted by Gasteiger charge is 2.10. The Balaban J connectivity index is 1.44. The molecular formula is C19H14ClN3OS. The molecule has 124 valence electrons. The van der Waals surface area contributed by atoms with Crippen LogP contribution < -0.4 is 5.32 Å². The number of carbonyl (C=O) groups excluding carboxylic acids is 1. The zero-order chi connectivity index (χ0) is 17.2. The average Bonchev–Trinajstić information content (AvgIpc) is 3.27. The minimum Gasteiger partial charge on any atom is -0.351 e. The largest absolute Gasteiger partial charge is 0.351 e. The molecule has 6 heteroatoms. The van der Waals surface area contributed by atoms with E-state index in [0.29, 0.717) is 17.3 Å². The van der Waals surface area contributed by atoms with Gasteiger partial charge in [0.15, 0.2) is 0 Å². The molecule has 0 spiro atoms. The normalized spacial score (nSPS) is 10.9. The smallest absolute Gasteiger partial charge is 0.268 e. The number of benzene rings is 2. The van der Waals surface area contributed by atoms with E-state index in [9.17, 15) is 4.79 Å². The molecule has 25 heavy (non-hydrogen) atoms. The maximum Gasteiger partial charge on any atom is 0.268 e. The van der Waals surface area contributed by atoms with Crippen LogP contribution in [0.15, 0.2) is 60.0 Å². The van der Waals surface area contributed by atoms with Crippen LogP contribution in [0.1, 0.15) is 15.5 Å². The third-order valence-electron chi connectivity index (χ3n) is 3.87. The lowest BCUT2D eigenvalue weighted by Gasteiger charge is -2.01. The van der Waals surface area contributed by atoms with E-state index < -0.39 is 0 Å². The Labute approximate surface area is 153 Å². The van der Waals surface area contributed by atoms with Crippen molar-refractivity contribution >= 4 is 39.7 Å². The SMILES string of the molecule is O=C(NCc1nc(-c2ccc(Cl)cc2)cs1)c1cc2ccccc2[nH]1. The molecule has 0 bridgehead atoms. The Morgan fingerprint density at radius 1 is 1.16 bits per heavy atom. The van der Waals surface area contributed by atoms with Crippen LogP contribution in [-0.2, 0) is 6.54 Å². The zero-order valence-electron chi connectivity index (χ0n) is 13.1. The number of halogens is 1. The average molecular weight is 368 g/mol. The van der Waals surface area contributed by atoms with Gasteiger partial charge in [0.1, 0.15) is 10.7 Å². The maximum atomic E-state index is 12.3. The molecule has 2 aromatic heterocycles. The number of carbonyl (C=O) groups is 1. The Hall–Kier alpha value is -2.63. The van der Waals surface area contributed by atoms with Crippen LogP contribution in [0.5, 0.6) is 0 Å². The molecule has 0 aliphatic heterocycles. The summed E-state index contributed by atoms with van der Waals surface area (Å²) in [7, 11) is 0. The van der Waals surface area contributed by atoms with Gasteiger partial charge in [-0.05, 0) is 24.3 Å². The number of nitrogens with zero attached hydrogens (tertiary/aromatic N) is 1. The van der Waals surface area contributed by atoms with Crippen LogP contribution in [0.2, 0.25) is 5.02 Å². The first-order chi connectivity index (χ1) is 12.2. The van der Waals surface area contributed by atoms with Crippen molar-refractivity contribution in [1.82, 2.24) is 15.3 Å². The number of rotatable bonds is 4. The van der Waals surface area contributed by atoms with Gasteiger partial charge >= 0.3 is 0 Å². The number of fused-ring (bicyclic) bond motifs is 1. The van der Waals surface area contributed by atoms with Crippen molar-refractivity contribution < 1.29 is 4.79 Å². The molecule has 4 nitrogen and oxygen atoms in total. The van der Waals surface area contributed by atoms with E-state index in [-0.39, 0.29) is 5.91 Å². The molecule has 2 aromatic carbocycles. The van der Waals surface area contributed by atoms with Gasteiger partial charge in [-0.15, -0.1) is 11.3 Å². The Kier molecular flexibility index (Phi) is 4.26. The number of nitrogens with one attached hydrogen (secondary N) is 2. The molecule has 0 aliphatic carbocycles. The predicted molar refractivity (Wildman–Crippen MR) is 102 cm³/mol. The van der Waals surface area contributed by atoms with E-state index >= 15 is 0 Å². The van der Waals surface area contributed by atoms with Crippen LogP contribution in [0.25, 0.3) is 22.2 Å². The van der Waals surface area contributed by atoms with Crippen molar-refractivity contribution in [2.24, 2.45) is 0 Å². The number of thiazole rings is 1. The second-order valence-corrected chi connectivity index (χ2v) is 6.97. The summed E-state index contributed by atoms with van der Waals surface area (Å²) in [5.41, 5.74) is 3.40. The Bertz CT molecular complexity index is 1000. The quantitative estimate of drug-likeness (QED) is 0.540. The van der Waals surface area contributed by atoms with Crippen LogP contribution in [0, 0.1) is 0 Å². The number of para-hydroxylation sites is 1. The third-order valence-corrected chi connectivity index (χ3v) is 4.97. The Morgan fingerprint density at radius 2 is 1.96 bits per heavy atom. The molecule has 0 unspecified atom stereocenters. The van der Waals surface area contributed by atoms with Gasteiger partial charge in [0.05, 0.1) is 12.2 Å². The summed E-state index contributed by atoms with van der Waals surface area (Å²) < 4.78 is 0. The van der Waals surface area contributed by atoms with Crippen molar-refractivity contribution in [2.75, 3.05) is 0 Å². The number of aromatic nitrogens is 2. The summed E-state index contributed by atoms with van der Waals surface area (Å²) in [6.07, 6.45) is 0. The van der Waals surface area contributed by atoms with Gasteiger partial charge in [-0.2, -0.15) is 0 Å². The van der Waals surface area contributed by atoms with Crippen molar-refractivity contribution in [2.45, 2.75) is 6.54 Å². The highest BCUT2D eigenvalue weighted by molar-refractivity contribution is 7.09. The second kappa shape index (κ2) is 6.70. The first-order valence-corrected chi connectivity index (χ1v) is 9.01. The van der Waals surface area contributed by atoms with Gasteiger partial charge in [-0.25, -0.2) is 4.98 Å². The lowest BCUT2D eigenvalue weighted by atomic mass is 10.2. The van der Waals surface area contributed by atoms with Crippen LogP contribution >= 0.6 is 22.9 Å². The molecule has 1 amide bonds. The maximum absolute atomic E-state index is 12.3. The van der Waals surface area contributed by atoms with Gasteiger partial charge in [-0.3, -0.25) is 4.79 Å². The molecular weight excluding hydrogens is 354 g/mol. The summed E-state index contributed by atoms with van der Waals surface area (Å²) in [4.78, 5) is 20.0. The minimum absolute atomic E-state index is 0.139. The second-order valence-electron chi connectivity index (χ2n) is 5.59. The molecule has 0 aliphatic rings. The first kappa shape index (κ1) is 15.9. The molecule has 0 saturated carbocycles. The molecule has 2 heterocycles. The van der Waals surface area contributed by atoms with Gasteiger partial charge in [0, 0.05) is 26.9 Å². The summed E-state index contributed by atoms with van der Waals surface area (Å²) in [6.45, 7) is 0.395. The van der Waals surface area contributed by atoms with Crippen molar-refractivity contribution in [3.63, 3.8) is 0 Å². The van der Waals surface area contributed by atoms with E-state index in [2.05, 4.69) is 15.3 Å². The standard InChI is InChI=1S/C19H14ClN3OS/c20-14-7-5-12(6-8-14)17-11-25-18(23-17)10-21-19(24)16-9-13-3-1-2-4-15(13)22-16/h1-9,11,22H,10H2,(H,21,24). The lowest BCUT2D eigenvalue weighted by molar-refractivity contribution is 0.0946. The summed E-state index contributed by atoms with van der Waals surface area (Å²) >= 11 is 7.43. The van der Waals surface area contributed by atoms with Crippen molar-refractivity contribution in [3.05, 3.63) is 75.7 Å². The fourth-order valence-electron chi connectivity index (χ4n) is 2.59. The topological polar surface area (TPSA) is 57.8 Å². The number of hydrogen-bond donors (Lipinski definition) is 2. The molecule has 0 fully saturated rings. The van der Waals surface area contributed by atoms with Gasteiger partial charge in [-0.1, -0.05) is 41.9 Å². The van der Waals surface area contributed by atoms with Gasteiger partial charge < -0.3 is 10.3 Å². The molecule has 0 atom stereocenters. The first-order valence-electron chi connectivity index (χ1n) is 7.75. The molecule has 0 radical (unpaired) electrons. The Morgan fingerprint density at radius 3 is 2.76 bits per heavy atom. The molecule has 4 rings (SSSR count). The van der Waals surface area contributed by atoms with E-state index in [1.165, 1.54) is 11.3 Å². The van der Waals surface area contributed by atoms with Gasteiger partial charge in [0.25, 0.3) is 5.91 Å². The van der Waals surface area contributed by atoms with Crippen molar-refractivity contribution in [3.8, 4) is 11.3 Å². The van der Waals surface area contributed by atoms with E-state index in [4.69, 9.17) is 11.6 Å². The van der Waals surface area contributed by atoms with Crippen LogP contribution in [0.3, 0.4) is 0 Å². The van der Waals surface area contributed by atoms with E-state index in [1.54, 1.807) is 0 Å². The van der Waals surface area contributed by atoms with Crippen molar-refractivity contribution in [1.29, 1.82) is 0 Å². The number of H-pyrrole nitrogens is 1. The summed E-state index contributed by atoms with van der Waals surface area (Å²) in [5, 5.41) is 7.46. The minimum atomic E-state index is -0.139. The number of amides is 1. The monoisotopic (exact) mass is 367 g/mol. The summed E-state index contributed by atoms with van der Waals surface area (Å²) in [5.74, 6) is -0.139. The van der Waals surface area contributed by atoms with E-state index in [0.717, 1.165) is 27.2 Å². The summed E-state index contributed by atoms with van der Waals surface area (Å²) in [6, 6.07) is 17.2. The highest BCUT2D eigenvalue weighted by Crippen LogP contribution is 2.23. The zero-order valence-corrected chi connectivity index (χ0v) is 14.7. The fraction of sp³-hybridized carbons (Fsp3) is 0.0526. The molecule has 0 saturated heterocycles. The number of aromatic amines is 1. The van der Waals surface area contributed by atoms with Crippen LogP contribution in [-0.4, -0.2) is 15.9 Å². The third kappa shape index (κ3) is 3.43. The fourth-order valence-corrected chi connectivity index (χ4v) is 3.46. The lowest BCUT2D eigenvalue weighted by Crippen LogP contribution is -2.22. The van der Waals surface area contributed by atoms with E-state index in [1.807, 2.05) is 60.0 Å². The van der Waals surface area contributed by atoms with Crippen LogP contribution in [0.4, 0.5) is 0 Å². The highest BCUT2D eigenvalue weighted by atomic mass is 35.5. The number of hydrogen-bond acceptors (Lipinski definition) is 3. The predicted octanol–water partition coefficient (Wildman–Crippen LogP) is 4.87.